The molecule has 4 rings (SSSR count). The van der Waals surface area contributed by atoms with Gasteiger partial charge in [0.2, 0.25) is 0 Å². The molecule has 0 atom stereocenters. The molecule has 27 heavy (non-hydrogen) atoms. The lowest BCUT2D eigenvalue weighted by atomic mass is 10.1. The van der Waals surface area contributed by atoms with Crippen molar-refractivity contribution in [1.29, 1.82) is 0 Å². The van der Waals surface area contributed by atoms with E-state index in [1.807, 2.05) is 66.7 Å². The summed E-state index contributed by atoms with van der Waals surface area (Å²) in [5.74, 6) is 1.52. The molecular weight excluding hydrogens is 398 g/mol. The second-order valence-electron chi connectivity index (χ2n) is 6.17. The molecule has 1 aromatic heterocycles. The summed E-state index contributed by atoms with van der Waals surface area (Å²) >= 11 is 3.48. The fourth-order valence-corrected chi connectivity index (χ4v) is 3.08. The molecule has 0 saturated heterocycles. The van der Waals surface area contributed by atoms with E-state index < -0.39 is 0 Å². The maximum atomic E-state index is 4.79. The summed E-state index contributed by atoms with van der Waals surface area (Å²) in [7, 11) is 0. The minimum Gasteiger partial charge on any atom is -0.366 e. The molecule has 0 saturated carbocycles. The maximum absolute atomic E-state index is 4.79. The smallest absolute Gasteiger partial charge is 0.162 e. The van der Waals surface area contributed by atoms with Gasteiger partial charge in [0.05, 0.1) is 5.69 Å². The lowest BCUT2D eigenvalue weighted by molar-refractivity contribution is 1.09. The monoisotopic (exact) mass is 415 g/mol. The van der Waals surface area contributed by atoms with E-state index in [1.165, 1.54) is 5.56 Å². The summed E-state index contributed by atoms with van der Waals surface area (Å²) in [5.41, 5.74) is 4.17. The lowest BCUT2D eigenvalue weighted by Gasteiger charge is -2.11. The third-order valence-corrected chi connectivity index (χ3v) is 4.74. The third-order valence-electron chi connectivity index (χ3n) is 4.21. The zero-order valence-electron chi connectivity index (χ0n) is 14.6. The zero-order valence-corrected chi connectivity index (χ0v) is 16.2. The number of hydrogen-bond donors (Lipinski definition) is 1. The van der Waals surface area contributed by atoms with Crippen molar-refractivity contribution in [3.8, 4) is 22.6 Å². The Kier molecular flexibility index (Phi) is 5.26. The molecule has 0 aliphatic carbocycles. The van der Waals surface area contributed by atoms with Gasteiger partial charge in [-0.1, -0.05) is 88.7 Å². The van der Waals surface area contributed by atoms with Crippen LogP contribution in [0.3, 0.4) is 0 Å². The Balaban J connectivity index is 1.71. The van der Waals surface area contributed by atoms with E-state index >= 15 is 0 Å². The van der Waals surface area contributed by atoms with Crippen molar-refractivity contribution in [1.82, 2.24) is 9.97 Å². The number of nitrogens with zero attached hydrogens (tertiary/aromatic N) is 2. The average Bonchev–Trinajstić information content (AvgIpc) is 2.74. The van der Waals surface area contributed by atoms with Gasteiger partial charge in [-0.3, -0.25) is 0 Å². The predicted molar refractivity (Wildman–Crippen MR) is 114 cm³/mol. The zero-order chi connectivity index (χ0) is 18.5. The van der Waals surface area contributed by atoms with Crippen LogP contribution in [0.15, 0.2) is 95.5 Å². The van der Waals surface area contributed by atoms with E-state index in [-0.39, 0.29) is 0 Å². The number of anilines is 1. The summed E-state index contributed by atoms with van der Waals surface area (Å²) in [6.07, 6.45) is 0. The Morgan fingerprint density at radius 2 is 1.37 bits per heavy atom. The molecule has 0 aliphatic rings. The van der Waals surface area contributed by atoms with Crippen LogP contribution in [0.1, 0.15) is 5.56 Å². The van der Waals surface area contributed by atoms with Crippen LogP contribution in [-0.4, -0.2) is 9.97 Å². The molecule has 0 radical (unpaired) electrons. The van der Waals surface area contributed by atoms with Crippen LogP contribution in [0.25, 0.3) is 22.6 Å². The van der Waals surface area contributed by atoms with Gasteiger partial charge in [0.15, 0.2) is 5.82 Å². The molecule has 0 spiro atoms. The first kappa shape index (κ1) is 17.4. The first-order valence-electron chi connectivity index (χ1n) is 8.76. The van der Waals surface area contributed by atoms with Crippen molar-refractivity contribution < 1.29 is 0 Å². The molecule has 0 unspecified atom stereocenters. The number of benzene rings is 3. The van der Waals surface area contributed by atoms with Gasteiger partial charge in [0.1, 0.15) is 5.82 Å². The van der Waals surface area contributed by atoms with Crippen LogP contribution in [-0.2, 0) is 6.54 Å². The van der Waals surface area contributed by atoms with E-state index in [0.717, 1.165) is 27.1 Å². The van der Waals surface area contributed by atoms with Gasteiger partial charge in [0.25, 0.3) is 0 Å². The van der Waals surface area contributed by atoms with Crippen molar-refractivity contribution >= 4 is 21.7 Å². The number of nitrogens with one attached hydrogen (secondary N) is 1. The van der Waals surface area contributed by atoms with Crippen LogP contribution >= 0.6 is 15.9 Å². The predicted octanol–water partition coefficient (Wildman–Crippen LogP) is 6.19. The molecule has 132 valence electrons. The fourth-order valence-electron chi connectivity index (χ4n) is 2.81. The van der Waals surface area contributed by atoms with Crippen molar-refractivity contribution in [3.63, 3.8) is 0 Å². The van der Waals surface area contributed by atoms with Crippen LogP contribution in [0.5, 0.6) is 0 Å². The number of hydrogen-bond acceptors (Lipinski definition) is 3. The highest BCUT2D eigenvalue weighted by molar-refractivity contribution is 9.10. The molecule has 4 aromatic rings. The molecule has 1 N–H and O–H groups in total. The minimum absolute atomic E-state index is 0.708. The van der Waals surface area contributed by atoms with Gasteiger partial charge in [0, 0.05) is 28.2 Å². The Bertz CT molecular complexity index is 1020. The molecule has 0 fully saturated rings. The average molecular weight is 416 g/mol. The molecule has 3 aromatic carbocycles. The lowest BCUT2D eigenvalue weighted by Crippen LogP contribution is -2.04. The fraction of sp³-hybridized carbons (Fsp3) is 0.0435. The highest BCUT2D eigenvalue weighted by Crippen LogP contribution is 2.25. The van der Waals surface area contributed by atoms with Gasteiger partial charge in [-0.05, 0) is 17.7 Å². The Hall–Kier alpha value is -2.98. The van der Waals surface area contributed by atoms with Crippen LogP contribution < -0.4 is 5.32 Å². The van der Waals surface area contributed by atoms with Gasteiger partial charge in [-0.2, -0.15) is 0 Å². The second-order valence-corrected chi connectivity index (χ2v) is 7.09. The molecule has 0 aliphatic heterocycles. The summed E-state index contributed by atoms with van der Waals surface area (Å²) < 4.78 is 1.04. The van der Waals surface area contributed by atoms with Gasteiger partial charge in [-0.25, -0.2) is 9.97 Å². The van der Waals surface area contributed by atoms with E-state index in [9.17, 15) is 0 Å². The molecule has 3 nitrogen and oxygen atoms in total. The molecule has 0 bridgehead atoms. The van der Waals surface area contributed by atoms with Crippen LogP contribution in [0, 0.1) is 0 Å². The van der Waals surface area contributed by atoms with Gasteiger partial charge >= 0.3 is 0 Å². The van der Waals surface area contributed by atoms with Gasteiger partial charge in [-0.15, -0.1) is 0 Å². The standard InChI is InChI=1S/C23H18BrN3/c24-20-13-11-19(12-14-20)23-26-21(18-9-5-2-6-10-18)15-22(27-23)25-16-17-7-3-1-4-8-17/h1-15H,16H2,(H,25,26,27). The highest BCUT2D eigenvalue weighted by atomic mass is 79.9. The second kappa shape index (κ2) is 8.14. The number of rotatable bonds is 5. The Labute approximate surface area is 167 Å². The van der Waals surface area contributed by atoms with Crippen LogP contribution in [0.2, 0.25) is 0 Å². The van der Waals surface area contributed by atoms with Crippen molar-refractivity contribution in [2.75, 3.05) is 5.32 Å². The van der Waals surface area contributed by atoms with Gasteiger partial charge < -0.3 is 5.32 Å². The van der Waals surface area contributed by atoms with Crippen molar-refractivity contribution in [2.24, 2.45) is 0 Å². The summed E-state index contributed by atoms with van der Waals surface area (Å²) in [6.45, 7) is 0.714. The minimum atomic E-state index is 0.708. The molecule has 4 heteroatoms. The first-order chi connectivity index (χ1) is 13.3. The van der Waals surface area contributed by atoms with E-state index in [4.69, 9.17) is 9.97 Å². The third kappa shape index (κ3) is 4.41. The maximum Gasteiger partial charge on any atom is 0.162 e. The van der Waals surface area contributed by atoms with Crippen molar-refractivity contribution in [2.45, 2.75) is 6.54 Å². The highest BCUT2D eigenvalue weighted by Gasteiger charge is 2.09. The van der Waals surface area contributed by atoms with Crippen LogP contribution in [0.4, 0.5) is 5.82 Å². The summed E-state index contributed by atoms with van der Waals surface area (Å²) in [6, 6.07) is 30.5. The SMILES string of the molecule is Brc1ccc(-c2nc(NCc3ccccc3)cc(-c3ccccc3)n2)cc1. The largest absolute Gasteiger partial charge is 0.366 e. The van der Waals surface area contributed by atoms with E-state index in [0.29, 0.717) is 12.4 Å². The first-order valence-corrected chi connectivity index (χ1v) is 9.55. The normalized spacial score (nSPS) is 10.6. The molecule has 0 amide bonds. The quantitative estimate of drug-likeness (QED) is 0.422. The molecular formula is C23H18BrN3. The van der Waals surface area contributed by atoms with Crippen molar-refractivity contribution in [3.05, 3.63) is 101 Å². The number of halogens is 1. The Morgan fingerprint density at radius 1 is 0.704 bits per heavy atom. The molecule has 1 heterocycles. The van der Waals surface area contributed by atoms with E-state index in [2.05, 4.69) is 45.5 Å². The summed E-state index contributed by atoms with van der Waals surface area (Å²) in [4.78, 5) is 9.53. The topological polar surface area (TPSA) is 37.8 Å². The summed E-state index contributed by atoms with van der Waals surface area (Å²) in [5, 5.41) is 3.43. The number of aromatic nitrogens is 2. The van der Waals surface area contributed by atoms with E-state index in [1.54, 1.807) is 0 Å². The Morgan fingerprint density at radius 3 is 2.07 bits per heavy atom.